The molecular weight excluding hydrogens is 208 g/mol. The minimum absolute atomic E-state index is 0.0405. The molecular formula is C12H16O4. The third-order valence-corrected chi connectivity index (χ3v) is 1.91. The fraction of sp³-hybridized carbons (Fsp3) is 0.417. The Balaban J connectivity index is 2.31. The van der Waals surface area contributed by atoms with Crippen molar-refractivity contribution >= 4 is 5.97 Å². The van der Waals surface area contributed by atoms with E-state index in [4.69, 9.17) is 4.74 Å². The molecule has 16 heavy (non-hydrogen) atoms. The van der Waals surface area contributed by atoms with Gasteiger partial charge in [-0.05, 0) is 24.6 Å². The molecule has 1 atom stereocenters. The highest BCUT2D eigenvalue weighted by Crippen LogP contribution is 2.12. The number of ether oxygens (including phenoxy) is 2. The van der Waals surface area contributed by atoms with Crippen molar-refractivity contribution in [1.82, 2.24) is 0 Å². The predicted octanol–water partition coefficient (Wildman–Crippen LogP) is 1.30. The third kappa shape index (κ3) is 4.79. The summed E-state index contributed by atoms with van der Waals surface area (Å²) in [4.78, 5) is 10.5. The number of hydrogen-bond donors (Lipinski definition) is 1. The SMILES string of the molecule is CC(=O)OCC(O)COc1cccc(C)c1. The first kappa shape index (κ1) is 12.5. The van der Waals surface area contributed by atoms with Gasteiger partial charge in [-0.15, -0.1) is 0 Å². The highest BCUT2D eigenvalue weighted by atomic mass is 16.5. The predicted molar refractivity (Wildman–Crippen MR) is 59.3 cm³/mol. The molecule has 0 saturated heterocycles. The molecule has 4 heteroatoms. The van der Waals surface area contributed by atoms with Gasteiger partial charge in [-0.2, -0.15) is 0 Å². The van der Waals surface area contributed by atoms with Crippen LogP contribution in [0.4, 0.5) is 0 Å². The fourth-order valence-corrected chi connectivity index (χ4v) is 1.16. The molecule has 0 spiro atoms. The van der Waals surface area contributed by atoms with Crippen LogP contribution in [-0.4, -0.2) is 30.4 Å². The fourth-order valence-electron chi connectivity index (χ4n) is 1.16. The lowest BCUT2D eigenvalue weighted by molar-refractivity contribution is -0.144. The van der Waals surface area contributed by atoms with E-state index >= 15 is 0 Å². The summed E-state index contributed by atoms with van der Waals surface area (Å²) in [5, 5.41) is 9.43. The summed E-state index contributed by atoms with van der Waals surface area (Å²) in [6, 6.07) is 7.52. The van der Waals surface area contributed by atoms with Gasteiger partial charge in [0.2, 0.25) is 0 Å². The molecule has 0 aliphatic carbocycles. The Bertz CT molecular complexity index is 349. The molecule has 0 aliphatic rings. The van der Waals surface area contributed by atoms with Crippen LogP contribution < -0.4 is 4.74 Å². The van der Waals surface area contributed by atoms with Gasteiger partial charge in [0.15, 0.2) is 0 Å². The van der Waals surface area contributed by atoms with Crippen LogP contribution in [0.25, 0.3) is 0 Å². The number of esters is 1. The zero-order valence-electron chi connectivity index (χ0n) is 9.47. The van der Waals surface area contributed by atoms with Crippen molar-refractivity contribution < 1.29 is 19.4 Å². The Morgan fingerprint density at radius 2 is 2.19 bits per heavy atom. The smallest absolute Gasteiger partial charge is 0.302 e. The van der Waals surface area contributed by atoms with Crippen LogP contribution in [0.3, 0.4) is 0 Å². The first-order valence-corrected chi connectivity index (χ1v) is 5.09. The van der Waals surface area contributed by atoms with Gasteiger partial charge >= 0.3 is 5.97 Å². The molecule has 1 aromatic carbocycles. The van der Waals surface area contributed by atoms with Gasteiger partial charge in [-0.3, -0.25) is 4.79 Å². The third-order valence-electron chi connectivity index (χ3n) is 1.91. The molecule has 0 aliphatic heterocycles. The van der Waals surface area contributed by atoms with E-state index in [0.717, 1.165) is 5.56 Å². The summed E-state index contributed by atoms with van der Waals surface area (Å²) in [7, 11) is 0. The maximum atomic E-state index is 10.5. The molecule has 0 radical (unpaired) electrons. The number of benzene rings is 1. The van der Waals surface area contributed by atoms with Gasteiger partial charge in [0.1, 0.15) is 25.1 Å². The van der Waals surface area contributed by atoms with Crippen LogP contribution in [0, 0.1) is 6.92 Å². The molecule has 0 aromatic heterocycles. The number of carbonyl (C=O) groups is 1. The van der Waals surface area contributed by atoms with Crippen LogP contribution in [0.2, 0.25) is 0 Å². The molecule has 0 bridgehead atoms. The molecule has 0 heterocycles. The molecule has 1 aromatic rings. The minimum Gasteiger partial charge on any atom is -0.491 e. The van der Waals surface area contributed by atoms with Crippen LogP contribution in [0.1, 0.15) is 12.5 Å². The Hall–Kier alpha value is -1.55. The van der Waals surface area contributed by atoms with Gasteiger partial charge in [-0.25, -0.2) is 0 Å². The lowest BCUT2D eigenvalue weighted by atomic mass is 10.2. The summed E-state index contributed by atoms with van der Waals surface area (Å²) in [6.07, 6.45) is -0.801. The average Bonchev–Trinajstić information content (AvgIpc) is 2.23. The topological polar surface area (TPSA) is 55.8 Å². The van der Waals surface area contributed by atoms with Gasteiger partial charge < -0.3 is 14.6 Å². The van der Waals surface area contributed by atoms with Crippen molar-refractivity contribution in [2.75, 3.05) is 13.2 Å². The van der Waals surface area contributed by atoms with Crippen LogP contribution in [0.5, 0.6) is 5.75 Å². The van der Waals surface area contributed by atoms with Gasteiger partial charge in [0.25, 0.3) is 0 Å². The molecule has 0 saturated carbocycles. The molecule has 1 unspecified atom stereocenters. The maximum Gasteiger partial charge on any atom is 0.302 e. The number of rotatable bonds is 5. The lowest BCUT2D eigenvalue weighted by Gasteiger charge is -2.12. The summed E-state index contributed by atoms with van der Waals surface area (Å²) in [5.74, 6) is 0.288. The molecule has 0 amide bonds. The number of hydrogen-bond acceptors (Lipinski definition) is 4. The van der Waals surface area contributed by atoms with Gasteiger partial charge in [0.05, 0.1) is 0 Å². The highest BCUT2D eigenvalue weighted by Gasteiger charge is 2.07. The first-order valence-electron chi connectivity index (χ1n) is 5.09. The van der Waals surface area contributed by atoms with Crippen molar-refractivity contribution in [3.8, 4) is 5.75 Å². The van der Waals surface area contributed by atoms with Crippen molar-refractivity contribution in [1.29, 1.82) is 0 Å². The van der Waals surface area contributed by atoms with Gasteiger partial charge in [-0.1, -0.05) is 12.1 Å². The van der Waals surface area contributed by atoms with Crippen LogP contribution >= 0.6 is 0 Å². The second-order valence-corrected chi connectivity index (χ2v) is 3.58. The Morgan fingerprint density at radius 3 is 2.81 bits per heavy atom. The van der Waals surface area contributed by atoms with E-state index in [-0.39, 0.29) is 13.2 Å². The van der Waals surface area contributed by atoms with Crippen molar-refractivity contribution in [3.63, 3.8) is 0 Å². The zero-order valence-corrected chi connectivity index (χ0v) is 9.47. The first-order chi connectivity index (χ1) is 7.58. The molecule has 0 fully saturated rings. The minimum atomic E-state index is -0.801. The average molecular weight is 224 g/mol. The Labute approximate surface area is 94.8 Å². The normalized spacial score (nSPS) is 11.9. The largest absolute Gasteiger partial charge is 0.491 e. The van der Waals surface area contributed by atoms with Crippen molar-refractivity contribution in [2.45, 2.75) is 20.0 Å². The van der Waals surface area contributed by atoms with Gasteiger partial charge in [0, 0.05) is 6.92 Å². The molecule has 1 rings (SSSR count). The summed E-state index contributed by atoms with van der Waals surface area (Å²) < 4.78 is 9.99. The lowest BCUT2D eigenvalue weighted by Crippen LogP contribution is -2.24. The maximum absolute atomic E-state index is 10.5. The number of aliphatic hydroxyl groups excluding tert-OH is 1. The molecule has 4 nitrogen and oxygen atoms in total. The second kappa shape index (κ2) is 6.12. The second-order valence-electron chi connectivity index (χ2n) is 3.58. The number of carbonyl (C=O) groups excluding carboxylic acids is 1. The van der Waals surface area contributed by atoms with E-state index in [1.54, 1.807) is 0 Å². The summed E-state index contributed by atoms with van der Waals surface area (Å²) in [5.41, 5.74) is 1.09. The molecule has 1 N–H and O–H groups in total. The van der Waals surface area contributed by atoms with E-state index in [2.05, 4.69) is 4.74 Å². The number of aryl methyl sites for hydroxylation is 1. The summed E-state index contributed by atoms with van der Waals surface area (Å²) in [6.45, 7) is 3.33. The highest BCUT2D eigenvalue weighted by molar-refractivity contribution is 5.65. The Morgan fingerprint density at radius 1 is 1.44 bits per heavy atom. The van der Waals surface area contributed by atoms with Crippen molar-refractivity contribution in [3.05, 3.63) is 29.8 Å². The standard InChI is InChI=1S/C12H16O4/c1-9-4-3-5-12(6-9)16-8-11(14)7-15-10(2)13/h3-6,11,14H,7-8H2,1-2H3. The van der Waals surface area contributed by atoms with E-state index in [0.29, 0.717) is 5.75 Å². The van der Waals surface area contributed by atoms with E-state index in [1.807, 2.05) is 31.2 Å². The van der Waals surface area contributed by atoms with Crippen molar-refractivity contribution in [2.24, 2.45) is 0 Å². The van der Waals surface area contributed by atoms with E-state index < -0.39 is 12.1 Å². The molecule has 88 valence electrons. The summed E-state index contributed by atoms with van der Waals surface area (Å²) >= 11 is 0. The van der Waals surface area contributed by atoms with E-state index in [1.165, 1.54) is 6.92 Å². The Kier molecular flexibility index (Phi) is 4.79. The zero-order chi connectivity index (χ0) is 12.0. The quantitative estimate of drug-likeness (QED) is 0.766. The van der Waals surface area contributed by atoms with Crippen LogP contribution in [0.15, 0.2) is 24.3 Å². The monoisotopic (exact) mass is 224 g/mol. The number of aliphatic hydroxyl groups is 1. The van der Waals surface area contributed by atoms with E-state index in [9.17, 15) is 9.90 Å². The van der Waals surface area contributed by atoms with Crippen LogP contribution in [-0.2, 0) is 9.53 Å².